The molecule has 17 heteroatoms. The van der Waals surface area contributed by atoms with E-state index in [0.29, 0.717) is 11.1 Å². The molecule has 0 spiro atoms. The first kappa shape index (κ1) is 37.7. The average molecular weight is 741 g/mol. The fourth-order valence-electron chi connectivity index (χ4n) is 6.01. The number of aliphatic hydroxyl groups is 7. The van der Waals surface area contributed by atoms with Crippen molar-refractivity contribution < 1.29 is 79.2 Å². The van der Waals surface area contributed by atoms with Crippen molar-refractivity contribution in [1.82, 2.24) is 0 Å². The Balaban J connectivity index is 1.35. The van der Waals surface area contributed by atoms with Gasteiger partial charge in [0.15, 0.2) is 5.43 Å². The number of esters is 1. The Labute approximate surface area is 299 Å². The Morgan fingerprint density at radius 2 is 1.38 bits per heavy atom. The third-order valence-corrected chi connectivity index (χ3v) is 8.93. The number of hydrogen-bond donors (Lipinski definition) is 10. The molecule has 1 aromatic heterocycles. The summed E-state index contributed by atoms with van der Waals surface area (Å²) in [6.07, 6.45) is -15.7. The van der Waals surface area contributed by atoms with Crippen molar-refractivity contribution >= 4 is 23.0 Å². The maximum Gasteiger partial charge on any atom is 0.330 e. The molecule has 0 bridgehead atoms. The van der Waals surface area contributed by atoms with E-state index in [1.807, 2.05) is 0 Å². The van der Waals surface area contributed by atoms with E-state index < -0.39 is 108 Å². The second-order valence-corrected chi connectivity index (χ2v) is 12.5. The number of aromatic hydroxyl groups is 3. The molecule has 3 heterocycles. The molecule has 0 radical (unpaired) electrons. The van der Waals surface area contributed by atoms with E-state index in [4.69, 9.17) is 23.4 Å². The average Bonchev–Trinajstić information content (AvgIpc) is 3.14. The molecule has 2 aliphatic rings. The van der Waals surface area contributed by atoms with E-state index in [9.17, 15) is 60.7 Å². The van der Waals surface area contributed by atoms with Crippen molar-refractivity contribution in [2.24, 2.45) is 0 Å². The fraction of sp³-hybridized carbons (Fsp3) is 0.333. The molecule has 6 rings (SSSR count). The maximum absolute atomic E-state index is 13.4. The summed E-state index contributed by atoms with van der Waals surface area (Å²) in [5, 5.41) is 104. The zero-order chi connectivity index (χ0) is 38.1. The van der Waals surface area contributed by atoms with Crippen LogP contribution in [-0.2, 0) is 19.0 Å². The summed E-state index contributed by atoms with van der Waals surface area (Å²) in [4.78, 5) is 25.9. The molecule has 3 aromatic carbocycles. The van der Waals surface area contributed by atoms with Gasteiger partial charge in [0.05, 0.1) is 12.2 Å². The minimum absolute atomic E-state index is 0.0118. The van der Waals surface area contributed by atoms with Crippen LogP contribution in [0.4, 0.5) is 0 Å². The van der Waals surface area contributed by atoms with Crippen LogP contribution in [0.1, 0.15) is 17.2 Å². The number of phenols is 3. The maximum atomic E-state index is 13.4. The van der Waals surface area contributed by atoms with Gasteiger partial charge in [-0.2, -0.15) is 0 Å². The monoisotopic (exact) mass is 740 g/mol. The second-order valence-electron chi connectivity index (χ2n) is 12.5. The Kier molecular flexibility index (Phi) is 11.0. The Morgan fingerprint density at radius 3 is 2.04 bits per heavy atom. The summed E-state index contributed by atoms with van der Waals surface area (Å²) in [6.45, 7) is -1.50. The molecule has 0 aliphatic carbocycles. The van der Waals surface area contributed by atoms with Crippen LogP contribution in [0, 0.1) is 0 Å². The van der Waals surface area contributed by atoms with Gasteiger partial charge in [0.2, 0.25) is 6.29 Å². The van der Waals surface area contributed by atoms with Crippen LogP contribution >= 0.6 is 0 Å². The van der Waals surface area contributed by atoms with Gasteiger partial charge >= 0.3 is 5.97 Å². The van der Waals surface area contributed by atoms with Gasteiger partial charge in [-0.1, -0.05) is 12.1 Å². The lowest BCUT2D eigenvalue weighted by Crippen LogP contribution is -2.60. The number of fused-ring (bicyclic) bond motifs is 1. The predicted molar refractivity (Wildman–Crippen MR) is 179 cm³/mol. The molecular formula is C36H36O17. The third kappa shape index (κ3) is 7.70. The molecule has 2 saturated heterocycles. The first-order valence-corrected chi connectivity index (χ1v) is 16.2. The summed E-state index contributed by atoms with van der Waals surface area (Å²) in [5.74, 6) is -2.33. The first-order valence-electron chi connectivity index (χ1n) is 16.2. The van der Waals surface area contributed by atoms with Crippen molar-refractivity contribution in [2.75, 3.05) is 13.2 Å². The molecule has 282 valence electrons. The summed E-state index contributed by atoms with van der Waals surface area (Å²) in [7, 11) is 0. The van der Waals surface area contributed by atoms with Gasteiger partial charge in [0.25, 0.3) is 0 Å². The zero-order valence-corrected chi connectivity index (χ0v) is 27.4. The lowest BCUT2D eigenvalue weighted by molar-refractivity contribution is -0.279. The highest BCUT2D eigenvalue weighted by atomic mass is 16.7. The van der Waals surface area contributed by atoms with Crippen molar-refractivity contribution in [3.63, 3.8) is 0 Å². The molecule has 10 N–H and O–H groups in total. The van der Waals surface area contributed by atoms with Crippen LogP contribution in [0.3, 0.4) is 0 Å². The highest BCUT2D eigenvalue weighted by Gasteiger charge is 2.49. The van der Waals surface area contributed by atoms with Crippen molar-refractivity contribution in [1.29, 1.82) is 0 Å². The first-order chi connectivity index (χ1) is 25.3. The Hall–Kier alpha value is -5.08. The largest absolute Gasteiger partial charge is 0.508 e. The predicted octanol–water partition coefficient (Wildman–Crippen LogP) is -0.465. The van der Waals surface area contributed by atoms with Crippen molar-refractivity contribution in [3.8, 4) is 34.3 Å². The molecule has 17 nitrogen and oxygen atoms in total. The number of phenolic OH excluding ortho intramolecular Hbond substituents is 3. The van der Waals surface area contributed by atoms with Gasteiger partial charge in [-0.25, -0.2) is 4.79 Å². The SMILES string of the molecule is O=C(/C=C/c1ccc(O)cc1)OC[C@H]1O[C@@H](Oc2cc3oc(-c4ccc(O)cc4)cc(=O)c3c(O)c2[C@@H]2O[C@H](CO)[C@@H](O)[C@H](O)[C@H]2O)[C@H](O)[C@@H](O)[C@@H]1O. The lowest BCUT2D eigenvalue weighted by Gasteiger charge is -2.42. The molecule has 2 fully saturated rings. The summed E-state index contributed by atoms with van der Waals surface area (Å²) in [6, 6.07) is 13.6. The molecule has 0 amide bonds. The van der Waals surface area contributed by atoms with Gasteiger partial charge in [0, 0.05) is 23.8 Å². The number of carbonyl (C=O) groups is 1. The third-order valence-electron chi connectivity index (χ3n) is 8.93. The smallest absolute Gasteiger partial charge is 0.330 e. The minimum atomic E-state index is -2.00. The zero-order valence-electron chi connectivity index (χ0n) is 27.4. The summed E-state index contributed by atoms with van der Waals surface area (Å²) in [5.41, 5.74) is -0.713. The Morgan fingerprint density at radius 1 is 0.755 bits per heavy atom. The van der Waals surface area contributed by atoms with E-state index in [1.54, 1.807) is 0 Å². The molecule has 10 atom stereocenters. The minimum Gasteiger partial charge on any atom is -0.508 e. The normalized spacial score (nSPS) is 29.0. The quantitative estimate of drug-likeness (QED) is 0.0767. The van der Waals surface area contributed by atoms with Crippen molar-refractivity contribution in [3.05, 3.63) is 88.1 Å². The molecular weight excluding hydrogens is 704 g/mol. The second kappa shape index (κ2) is 15.5. The van der Waals surface area contributed by atoms with E-state index in [-0.39, 0.29) is 22.8 Å². The van der Waals surface area contributed by atoms with Crippen LogP contribution < -0.4 is 10.2 Å². The molecule has 0 saturated carbocycles. The number of carbonyl (C=O) groups excluding carboxylic acids is 1. The number of ether oxygens (including phenoxy) is 4. The number of benzene rings is 3. The van der Waals surface area contributed by atoms with Crippen LogP contribution in [0.25, 0.3) is 28.4 Å². The van der Waals surface area contributed by atoms with Gasteiger partial charge < -0.3 is 74.4 Å². The number of aliphatic hydroxyl groups excluding tert-OH is 7. The van der Waals surface area contributed by atoms with E-state index in [2.05, 4.69) is 0 Å². The highest BCUT2D eigenvalue weighted by molar-refractivity contribution is 5.88. The standard InChI is InChI=1S/C36H36O17/c37-13-23-28(42)31(45)33(47)35(51-23)27-22(12-21-26(30(27)44)19(40)11-20(50-21)16-4-8-18(39)9-5-16)52-36-34(48)32(46)29(43)24(53-36)14-49-25(41)10-3-15-1-6-17(38)7-2-15/h1-12,23-24,28-29,31-39,42-48H,13-14H2/b10-3+/t23-,24-,28-,29-,31+,32+,33-,34-,35+,36-/m1/s1. The van der Waals surface area contributed by atoms with Crippen LogP contribution in [-0.4, -0.2) is 125 Å². The lowest BCUT2D eigenvalue weighted by atomic mass is 9.89. The van der Waals surface area contributed by atoms with Crippen molar-refractivity contribution in [2.45, 2.75) is 61.2 Å². The van der Waals surface area contributed by atoms with Crippen LogP contribution in [0.2, 0.25) is 0 Å². The summed E-state index contributed by atoms with van der Waals surface area (Å²) >= 11 is 0. The molecule has 2 aliphatic heterocycles. The fourth-order valence-corrected chi connectivity index (χ4v) is 6.01. The molecule has 0 unspecified atom stereocenters. The number of hydrogen-bond acceptors (Lipinski definition) is 17. The van der Waals surface area contributed by atoms with Gasteiger partial charge in [-0.05, 0) is 48.0 Å². The molecule has 53 heavy (non-hydrogen) atoms. The van der Waals surface area contributed by atoms with E-state index >= 15 is 0 Å². The van der Waals surface area contributed by atoms with Crippen LogP contribution in [0.15, 0.2) is 76.0 Å². The number of rotatable bonds is 9. The van der Waals surface area contributed by atoms with Gasteiger partial charge in [0.1, 0.15) is 101 Å². The van der Waals surface area contributed by atoms with Gasteiger partial charge in [-0.15, -0.1) is 0 Å². The topological polar surface area (TPSA) is 286 Å². The Bertz CT molecular complexity index is 2010. The van der Waals surface area contributed by atoms with Crippen LogP contribution in [0.5, 0.6) is 23.0 Å². The van der Waals surface area contributed by atoms with Gasteiger partial charge in [-0.3, -0.25) is 4.79 Å². The highest BCUT2D eigenvalue weighted by Crippen LogP contribution is 2.46. The molecule has 4 aromatic rings. The summed E-state index contributed by atoms with van der Waals surface area (Å²) < 4.78 is 28.4. The van der Waals surface area contributed by atoms with E-state index in [1.165, 1.54) is 54.6 Å². The van der Waals surface area contributed by atoms with E-state index in [0.717, 1.165) is 18.2 Å².